The van der Waals surface area contributed by atoms with Crippen molar-refractivity contribution in [2.24, 2.45) is 4.99 Å². The lowest BCUT2D eigenvalue weighted by molar-refractivity contribution is 1.42. The molecule has 1 aromatic carbocycles. The number of rotatable bonds is 1. The molecule has 0 aliphatic carbocycles. The van der Waals surface area contributed by atoms with Crippen LogP contribution >= 0.6 is 35.7 Å². The zero-order chi connectivity index (χ0) is 9.68. The van der Waals surface area contributed by atoms with Gasteiger partial charge in [-0.05, 0) is 24.8 Å². The number of hydrogen-bond donors (Lipinski definition) is 1. The Morgan fingerprint density at radius 2 is 2.00 bits per heavy atom. The maximum Gasteiger partial charge on any atom is 0.160 e. The highest BCUT2D eigenvalue weighted by atomic mass is 127. The first-order valence-electron chi connectivity index (χ1n) is 4.11. The fourth-order valence-corrected chi connectivity index (χ4v) is 1.42. The maximum absolute atomic E-state index is 4.11. The lowest BCUT2D eigenvalue weighted by atomic mass is 10.2. The summed E-state index contributed by atoms with van der Waals surface area (Å²) in [7, 11) is 1.79. The van der Waals surface area contributed by atoms with Gasteiger partial charge in [0.05, 0.1) is 0 Å². The van der Waals surface area contributed by atoms with E-state index in [1.54, 1.807) is 18.8 Å². The number of thioether (sulfide) groups is 1. The number of aryl methyl sites for hydroxylation is 1. The normalized spacial score (nSPS) is 10.6. The fourth-order valence-electron chi connectivity index (χ4n) is 1.03. The zero-order valence-corrected chi connectivity index (χ0v) is 11.7. The molecule has 1 N–H and O–H groups in total. The zero-order valence-electron chi connectivity index (χ0n) is 8.57. The molecule has 1 rings (SSSR count). The highest BCUT2D eigenvalue weighted by Gasteiger charge is 1.98. The summed E-state index contributed by atoms with van der Waals surface area (Å²) in [4.78, 5) is 4.11. The number of halogens is 1. The largest absolute Gasteiger partial charge is 0.335 e. The van der Waals surface area contributed by atoms with Crippen molar-refractivity contribution < 1.29 is 0 Å². The predicted molar refractivity (Wildman–Crippen MR) is 77.1 cm³/mol. The van der Waals surface area contributed by atoms with Crippen LogP contribution in [0.4, 0.5) is 5.69 Å². The molecular weight excluding hydrogens is 307 g/mol. The van der Waals surface area contributed by atoms with Crippen LogP contribution in [0, 0.1) is 6.92 Å². The van der Waals surface area contributed by atoms with E-state index in [0.717, 1.165) is 10.9 Å². The van der Waals surface area contributed by atoms with E-state index in [4.69, 9.17) is 0 Å². The average Bonchev–Trinajstić information content (AvgIpc) is 2.17. The number of para-hydroxylation sites is 1. The van der Waals surface area contributed by atoms with E-state index in [2.05, 4.69) is 29.4 Å². The van der Waals surface area contributed by atoms with E-state index in [9.17, 15) is 0 Å². The van der Waals surface area contributed by atoms with Gasteiger partial charge < -0.3 is 5.32 Å². The van der Waals surface area contributed by atoms with E-state index in [0.29, 0.717) is 0 Å². The van der Waals surface area contributed by atoms with Crippen LogP contribution in [0.15, 0.2) is 29.3 Å². The molecule has 4 heteroatoms. The molecular formula is C10H15IN2S. The Hall–Kier alpha value is -0.230. The monoisotopic (exact) mass is 322 g/mol. The third-order valence-electron chi connectivity index (χ3n) is 1.78. The third-order valence-corrected chi connectivity index (χ3v) is 2.45. The van der Waals surface area contributed by atoms with Gasteiger partial charge in [-0.3, -0.25) is 4.99 Å². The molecule has 0 radical (unpaired) electrons. The maximum atomic E-state index is 4.11. The number of hydrogen-bond acceptors (Lipinski definition) is 2. The average molecular weight is 322 g/mol. The fraction of sp³-hybridized carbons (Fsp3) is 0.300. The topological polar surface area (TPSA) is 24.4 Å². The van der Waals surface area contributed by atoms with Crippen LogP contribution in [0.25, 0.3) is 0 Å². The van der Waals surface area contributed by atoms with Crippen LogP contribution in [0.5, 0.6) is 0 Å². The van der Waals surface area contributed by atoms with Crippen molar-refractivity contribution in [3.8, 4) is 0 Å². The molecule has 1 aromatic rings. The van der Waals surface area contributed by atoms with Crippen molar-refractivity contribution >= 4 is 46.6 Å². The molecule has 0 aromatic heterocycles. The van der Waals surface area contributed by atoms with Gasteiger partial charge in [-0.1, -0.05) is 30.0 Å². The van der Waals surface area contributed by atoms with Crippen LogP contribution in [0.2, 0.25) is 0 Å². The molecule has 2 nitrogen and oxygen atoms in total. The lowest BCUT2D eigenvalue weighted by Crippen LogP contribution is -2.07. The van der Waals surface area contributed by atoms with Gasteiger partial charge in [0, 0.05) is 12.7 Å². The van der Waals surface area contributed by atoms with Crippen molar-refractivity contribution in [1.29, 1.82) is 0 Å². The molecule has 0 heterocycles. The molecule has 0 spiro atoms. The standard InChI is InChI=1S/C10H14N2S.HI/c1-8-6-4-5-7-9(8)12-10(11-2)13-3;/h4-7H,1-3H3,(H,11,12);1H. The molecule has 0 fully saturated rings. The van der Waals surface area contributed by atoms with Gasteiger partial charge in [-0.15, -0.1) is 24.0 Å². The second-order valence-corrected chi connectivity index (χ2v) is 3.47. The molecule has 0 bridgehead atoms. The van der Waals surface area contributed by atoms with E-state index >= 15 is 0 Å². The minimum atomic E-state index is 0. The summed E-state index contributed by atoms with van der Waals surface area (Å²) in [5.41, 5.74) is 2.36. The minimum Gasteiger partial charge on any atom is -0.335 e. The van der Waals surface area contributed by atoms with Crippen LogP contribution in [0.1, 0.15) is 5.56 Å². The molecule has 0 saturated carbocycles. The molecule has 0 unspecified atom stereocenters. The summed E-state index contributed by atoms with van der Waals surface area (Å²) in [6, 6.07) is 8.18. The van der Waals surface area contributed by atoms with Gasteiger partial charge in [-0.2, -0.15) is 0 Å². The second kappa shape index (κ2) is 7.11. The first kappa shape index (κ1) is 13.8. The molecule has 0 amide bonds. The number of aliphatic imine (C=N–C) groups is 1. The van der Waals surface area contributed by atoms with Gasteiger partial charge in [-0.25, -0.2) is 0 Å². The van der Waals surface area contributed by atoms with Gasteiger partial charge in [0.1, 0.15) is 0 Å². The van der Waals surface area contributed by atoms with E-state index in [1.807, 2.05) is 18.4 Å². The van der Waals surface area contributed by atoms with Crippen molar-refractivity contribution in [1.82, 2.24) is 0 Å². The Balaban J connectivity index is 0.00000169. The van der Waals surface area contributed by atoms with Gasteiger partial charge >= 0.3 is 0 Å². The van der Waals surface area contributed by atoms with Gasteiger partial charge in [0.25, 0.3) is 0 Å². The summed E-state index contributed by atoms with van der Waals surface area (Å²) in [6.07, 6.45) is 2.01. The van der Waals surface area contributed by atoms with Crippen LogP contribution < -0.4 is 5.32 Å². The van der Waals surface area contributed by atoms with Crippen molar-refractivity contribution in [2.75, 3.05) is 18.6 Å². The Morgan fingerprint density at radius 3 is 2.50 bits per heavy atom. The quantitative estimate of drug-likeness (QED) is 0.487. The summed E-state index contributed by atoms with van der Waals surface area (Å²) in [5, 5.41) is 4.20. The summed E-state index contributed by atoms with van der Waals surface area (Å²) in [6.45, 7) is 2.08. The Bertz CT molecular complexity index is 313. The highest BCUT2D eigenvalue weighted by Crippen LogP contribution is 2.14. The van der Waals surface area contributed by atoms with Gasteiger partial charge in [0.15, 0.2) is 5.17 Å². The number of amidine groups is 1. The first-order chi connectivity index (χ1) is 6.27. The Labute approximate surface area is 107 Å². The van der Waals surface area contributed by atoms with Crippen LogP contribution in [0.3, 0.4) is 0 Å². The molecule has 0 atom stereocenters. The molecule has 0 aliphatic rings. The molecule has 0 saturated heterocycles. The predicted octanol–water partition coefficient (Wildman–Crippen LogP) is 3.37. The van der Waals surface area contributed by atoms with E-state index < -0.39 is 0 Å². The molecule has 78 valence electrons. The van der Waals surface area contributed by atoms with Crippen molar-refractivity contribution in [3.63, 3.8) is 0 Å². The van der Waals surface area contributed by atoms with Crippen LogP contribution in [-0.4, -0.2) is 18.5 Å². The number of anilines is 1. The Kier molecular flexibility index (Phi) is 7.00. The van der Waals surface area contributed by atoms with E-state index in [1.165, 1.54) is 5.56 Å². The second-order valence-electron chi connectivity index (χ2n) is 2.67. The first-order valence-corrected chi connectivity index (χ1v) is 5.34. The summed E-state index contributed by atoms with van der Waals surface area (Å²) >= 11 is 1.61. The number of nitrogens with zero attached hydrogens (tertiary/aromatic N) is 1. The van der Waals surface area contributed by atoms with E-state index in [-0.39, 0.29) is 24.0 Å². The highest BCUT2D eigenvalue weighted by molar-refractivity contribution is 14.0. The van der Waals surface area contributed by atoms with Crippen molar-refractivity contribution in [2.45, 2.75) is 6.92 Å². The smallest absolute Gasteiger partial charge is 0.160 e. The van der Waals surface area contributed by atoms with Crippen LogP contribution in [-0.2, 0) is 0 Å². The Morgan fingerprint density at radius 1 is 1.36 bits per heavy atom. The van der Waals surface area contributed by atoms with Gasteiger partial charge in [0.2, 0.25) is 0 Å². The summed E-state index contributed by atoms with van der Waals surface area (Å²) in [5.74, 6) is 0. The number of benzene rings is 1. The minimum absolute atomic E-state index is 0. The summed E-state index contributed by atoms with van der Waals surface area (Å²) < 4.78 is 0. The molecule has 14 heavy (non-hydrogen) atoms. The molecule has 0 aliphatic heterocycles. The van der Waals surface area contributed by atoms with Crippen molar-refractivity contribution in [3.05, 3.63) is 29.8 Å². The third kappa shape index (κ3) is 3.88. The number of nitrogens with one attached hydrogen (secondary N) is 1. The SMILES string of the molecule is CN=C(Nc1ccccc1C)SC.I. The lowest BCUT2D eigenvalue weighted by Gasteiger charge is -2.08.